The molecule has 170 valence electrons. The number of aromatic nitrogens is 2. The van der Waals surface area contributed by atoms with Gasteiger partial charge in [-0.25, -0.2) is 4.79 Å². The maximum atomic E-state index is 12.8. The fourth-order valence-corrected chi connectivity index (χ4v) is 4.02. The van der Waals surface area contributed by atoms with E-state index in [0.29, 0.717) is 23.2 Å². The Balaban J connectivity index is 1.29. The summed E-state index contributed by atoms with van der Waals surface area (Å²) >= 11 is 0. The van der Waals surface area contributed by atoms with Gasteiger partial charge in [0.2, 0.25) is 0 Å². The number of para-hydroxylation sites is 1. The van der Waals surface area contributed by atoms with E-state index in [1.54, 1.807) is 19.2 Å². The summed E-state index contributed by atoms with van der Waals surface area (Å²) in [7, 11) is 1.61. The van der Waals surface area contributed by atoms with Crippen molar-refractivity contribution in [3.63, 3.8) is 0 Å². The van der Waals surface area contributed by atoms with Gasteiger partial charge in [0.1, 0.15) is 5.75 Å². The smallest absolute Gasteiger partial charge is 0.411 e. The van der Waals surface area contributed by atoms with Gasteiger partial charge >= 0.3 is 6.09 Å². The number of ether oxygens (including phenoxy) is 2. The van der Waals surface area contributed by atoms with Crippen molar-refractivity contribution in [1.82, 2.24) is 9.97 Å². The van der Waals surface area contributed by atoms with Gasteiger partial charge in [0, 0.05) is 40.3 Å². The summed E-state index contributed by atoms with van der Waals surface area (Å²) in [5.41, 5.74) is 4.39. The van der Waals surface area contributed by atoms with Crippen molar-refractivity contribution < 1.29 is 14.3 Å². The average Bonchev–Trinajstić information content (AvgIpc) is 3.28. The summed E-state index contributed by atoms with van der Waals surface area (Å²) in [5.74, 6) is 0.764. The van der Waals surface area contributed by atoms with Gasteiger partial charge in [-0.05, 0) is 47.3 Å². The van der Waals surface area contributed by atoms with Crippen LogP contribution in [0.25, 0.3) is 32.9 Å². The van der Waals surface area contributed by atoms with E-state index in [4.69, 9.17) is 9.47 Å². The van der Waals surface area contributed by atoms with Gasteiger partial charge in [-0.15, -0.1) is 0 Å². The first-order valence-electron chi connectivity index (χ1n) is 10.9. The number of carbonyl (C=O) groups excluding carboxylic acids is 1. The highest BCUT2D eigenvalue weighted by Gasteiger charge is 2.12. The van der Waals surface area contributed by atoms with Crippen LogP contribution in [0.2, 0.25) is 0 Å². The van der Waals surface area contributed by atoms with Crippen molar-refractivity contribution in [3.8, 4) is 16.9 Å². The predicted octanol–water partition coefficient (Wildman–Crippen LogP) is 5.48. The Hall–Kier alpha value is -4.52. The second-order valence-electron chi connectivity index (χ2n) is 7.92. The summed E-state index contributed by atoms with van der Waals surface area (Å²) in [5, 5.41) is 4.56. The Morgan fingerprint density at radius 2 is 1.82 bits per heavy atom. The topological polar surface area (TPSA) is 96.2 Å². The second kappa shape index (κ2) is 9.15. The average molecular weight is 453 g/mol. The molecule has 0 aliphatic rings. The van der Waals surface area contributed by atoms with E-state index in [2.05, 4.69) is 15.3 Å². The lowest BCUT2D eigenvalue weighted by molar-refractivity contribution is 0.163. The summed E-state index contributed by atoms with van der Waals surface area (Å²) < 4.78 is 10.5. The van der Waals surface area contributed by atoms with Gasteiger partial charge in [0.05, 0.1) is 19.2 Å². The molecule has 0 bridgehead atoms. The minimum atomic E-state index is -0.556. The number of methoxy groups -OCH3 is 1. The molecule has 0 aliphatic heterocycles. The van der Waals surface area contributed by atoms with Crippen LogP contribution >= 0.6 is 0 Å². The molecule has 34 heavy (non-hydrogen) atoms. The third-order valence-corrected chi connectivity index (χ3v) is 5.73. The van der Waals surface area contributed by atoms with Gasteiger partial charge in [-0.3, -0.25) is 10.1 Å². The zero-order valence-corrected chi connectivity index (χ0v) is 18.6. The molecular formula is C27H23N3O4. The number of aromatic amines is 2. The van der Waals surface area contributed by atoms with Crippen LogP contribution in [0.1, 0.15) is 5.56 Å². The van der Waals surface area contributed by atoms with Gasteiger partial charge in [0.15, 0.2) is 0 Å². The Bertz CT molecular complexity index is 1550. The molecule has 0 unspecified atom stereocenters. The minimum Gasteiger partial charge on any atom is -0.497 e. The SMILES string of the molecule is COc1cccc(CCOC(=O)Nc2ccc3cc(-c4c[nH]c5ccccc45)c(=O)[nH]c3c2)c1. The molecule has 5 rings (SSSR count). The molecule has 0 saturated carbocycles. The Morgan fingerprint density at radius 1 is 0.941 bits per heavy atom. The number of nitrogens with one attached hydrogen (secondary N) is 3. The molecule has 0 spiro atoms. The third kappa shape index (κ3) is 4.36. The Kier molecular flexibility index (Phi) is 5.74. The molecule has 1 amide bonds. The van der Waals surface area contributed by atoms with Crippen molar-refractivity contribution in [2.45, 2.75) is 6.42 Å². The highest BCUT2D eigenvalue weighted by Crippen LogP contribution is 2.28. The zero-order chi connectivity index (χ0) is 23.5. The molecule has 0 saturated heterocycles. The van der Waals surface area contributed by atoms with Crippen LogP contribution in [0.5, 0.6) is 5.75 Å². The van der Waals surface area contributed by atoms with Crippen LogP contribution < -0.4 is 15.6 Å². The maximum absolute atomic E-state index is 12.8. The quantitative estimate of drug-likeness (QED) is 0.317. The molecular weight excluding hydrogens is 430 g/mol. The van der Waals surface area contributed by atoms with Gasteiger partial charge in [-0.2, -0.15) is 0 Å². The number of hydrogen-bond donors (Lipinski definition) is 3. The number of rotatable bonds is 6. The number of anilines is 1. The van der Waals surface area contributed by atoms with E-state index in [0.717, 1.165) is 33.2 Å². The van der Waals surface area contributed by atoms with E-state index in [9.17, 15) is 9.59 Å². The highest BCUT2D eigenvalue weighted by atomic mass is 16.5. The minimum absolute atomic E-state index is 0.199. The van der Waals surface area contributed by atoms with E-state index >= 15 is 0 Å². The molecule has 7 heteroatoms. The molecule has 3 N–H and O–H groups in total. The Morgan fingerprint density at radius 3 is 2.71 bits per heavy atom. The molecule has 0 fully saturated rings. The largest absolute Gasteiger partial charge is 0.497 e. The van der Waals surface area contributed by atoms with E-state index in [1.807, 2.05) is 66.9 Å². The maximum Gasteiger partial charge on any atom is 0.411 e. The molecule has 0 aliphatic carbocycles. The highest BCUT2D eigenvalue weighted by molar-refractivity contribution is 5.98. The number of hydrogen-bond acceptors (Lipinski definition) is 4. The first-order chi connectivity index (χ1) is 16.6. The standard InChI is InChI=1S/C27H23N3O4/c1-33-20-6-4-5-17(13-20)11-12-34-27(32)29-19-10-9-18-14-22(26(31)30-25(18)15-19)23-16-28-24-8-3-2-7-21(23)24/h2-10,13-16,28H,11-12H2,1H3,(H,29,32)(H,30,31). The lowest BCUT2D eigenvalue weighted by Crippen LogP contribution is -2.15. The first kappa shape index (κ1) is 21.3. The van der Waals surface area contributed by atoms with Crippen molar-refractivity contribution in [2.75, 3.05) is 19.0 Å². The molecule has 0 atom stereocenters. The number of fused-ring (bicyclic) bond motifs is 2. The van der Waals surface area contributed by atoms with Crippen molar-refractivity contribution in [1.29, 1.82) is 0 Å². The second-order valence-corrected chi connectivity index (χ2v) is 7.92. The van der Waals surface area contributed by atoms with Crippen LogP contribution in [0, 0.1) is 0 Å². The molecule has 0 radical (unpaired) electrons. The van der Waals surface area contributed by atoms with Crippen molar-refractivity contribution in [3.05, 3.63) is 94.9 Å². The lowest BCUT2D eigenvalue weighted by Gasteiger charge is -2.09. The van der Waals surface area contributed by atoms with Crippen LogP contribution in [0.3, 0.4) is 0 Å². The Labute approximate surface area is 195 Å². The van der Waals surface area contributed by atoms with Crippen molar-refractivity contribution >= 4 is 33.6 Å². The van der Waals surface area contributed by atoms with Crippen LogP contribution in [-0.4, -0.2) is 29.8 Å². The van der Waals surface area contributed by atoms with Gasteiger partial charge in [-0.1, -0.05) is 36.4 Å². The van der Waals surface area contributed by atoms with Crippen LogP contribution in [0.15, 0.2) is 83.8 Å². The number of benzene rings is 3. The van der Waals surface area contributed by atoms with E-state index in [-0.39, 0.29) is 12.2 Å². The number of carbonyl (C=O) groups is 1. The van der Waals surface area contributed by atoms with Crippen LogP contribution in [-0.2, 0) is 11.2 Å². The van der Waals surface area contributed by atoms with Gasteiger partial charge in [0.25, 0.3) is 5.56 Å². The summed E-state index contributed by atoms with van der Waals surface area (Å²) in [6, 6.07) is 22.7. The van der Waals surface area contributed by atoms with E-state index in [1.165, 1.54) is 0 Å². The molecule has 2 heterocycles. The fraction of sp³-hybridized carbons (Fsp3) is 0.111. The first-order valence-corrected chi connectivity index (χ1v) is 10.9. The molecule has 7 nitrogen and oxygen atoms in total. The van der Waals surface area contributed by atoms with Crippen LogP contribution in [0.4, 0.5) is 10.5 Å². The van der Waals surface area contributed by atoms with Gasteiger partial charge < -0.3 is 19.4 Å². The summed E-state index contributed by atoms with van der Waals surface area (Å²) in [6.45, 7) is 0.234. The summed E-state index contributed by atoms with van der Waals surface area (Å²) in [4.78, 5) is 31.2. The lowest BCUT2D eigenvalue weighted by atomic mass is 10.0. The monoisotopic (exact) mass is 453 g/mol. The normalized spacial score (nSPS) is 11.0. The zero-order valence-electron chi connectivity index (χ0n) is 18.6. The number of H-pyrrole nitrogens is 2. The van der Waals surface area contributed by atoms with Crippen molar-refractivity contribution in [2.24, 2.45) is 0 Å². The third-order valence-electron chi connectivity index (χ3n) is 5.73. The number of pyridine rings is 1. The molecule has 3 aromatic carbocycles. The fourth-order valence-electron chi connectivity index (χ4n) is 4.02. The molecule has 5 aromatic rings. The van der Waals surface area contributed by atoms with E-state index < -0.39 is 6.09 Å². The summed E-state index contributed by atoms with van der Waals surface area (Å²) in [6.07, 6.45) is 1.87. The number of amides is 1. The molecule has 2 aromatic heterocycles. The predicted molar refractivity (Wildman–Crippen MR) is 134 cm³/mol.